The number of hydrogen-bond donors (Lipinski definition) is 33. The van der Waals surface area contributed by atoms with Crippen LogP contribution in [0.15, 0.2) is 75.6 Å². The lowest BCUT2D eigenvalue weighted by atomic mass is 10.0. The molecule has 0 aliphatic heterocycles. The number of aliphatic hydroxyl groups excluding tert-OH is 2. The lowest BCUT2D eigenvalue weighted by Crippen LogP contribution is -2.61. The van der Waals surface area contributed by atoms with Crippen LogP contribution in [0.25, 0.3) is 0 Å². The smallest absolute Gasteiger partial charge is 0.256 e. The molecule has 0 saturated carbocycles. The second-order valence-electron chi connectivity index (χ2n) is 32.0. The van der Waals surface area contributed by atoms with Gasteiger partial charge >= 0.3 is 0 Å². The molecule has 15 atom stereocenters. The Balaban J connectivity index is 2.41. The molecule has 0 spiro atoms. The topological polar surface area (TPSA) is 974 Å². The monoisotopic (exact) mass is 1950 g/mol. The van der Waals surface area contributed by atoms with Gasteiger partial charge in [0.15, 0.2) is 17.9 Å². The van der Waals surface area contributed by atoms with E-state index in [1.54, 1.807) is 60.7 Å². The standard InChI is InChI=1S/C82H141N35O21/c1-44(103-62(122)42-102-79(138)65(46(3)119)115-76(135)57(38-48-21-8-5-9-22-48)105-63(123)41-100-61(121)40-101-68(127)49(86)37-47-19-6-4-7-20-47)66(125)106-53(26-16-34-97-80(88)89)70(129)110-52(25-12-15-33-85)74(133)114-59(43-118)77(136)104-45(2)67(126)107-54(27-17-35-98-81(90)91)71(130)108-50(23-10-13-31-83)69(128)111-55(28-18-36-99-82(92)93)72(131)109-51(24-11-14-32-84)73(132)113-58(39-60(87)120)75(134)112-56(78(137)116-94)29-30-64(124)117(95)96/h4-9,19-22,44-46,49-59,65,118-119H,10-18,23-43,83-86,94-96H2,1-3H3,(H2,87,120)(H,100,121)(H,101,127)(H,102,138)(H,103,122)(H,104,136)(H,105,123)(H,106,125)(H,107,126)(H,108,130)(H,109,131)(H,110,129)(H,111,128)(H,112,134)(H,113,132)(H,114,133)(H,115,135)(H,116,137)(H4,88,89,97)(H4,90,91,98)(H4,92,93,99)/t44-,45-,46+,49-,50-,51-,52-,53-,54-,55-,56-,57-,58-,59-,65-/m0/s1. The molecule has 19 amide bonds. The van der Waals surface area contributed by atoms with Gasteiger partial charge in [-0.15, -0.1) is 0 Å². The Labute approximate surface area is 796 Å². The number of carbonyl (C=O) groups excluding carboxylic acids is 19. The predicted octanol–water partition coefficient (Wildman–Crippen LogP) is -15.4. The van der Waals surface area contributed by atoms with Gasteiger partial charge in [0.1, 0.15) is 78.5 Å². The quantitative estimate of drug-likeness (QED) is 0.00730. The van der Waals surface area contributed by atoms with Gasteiger partial charge < -0.3 is 158 Å². The number of benzene rings is 2. The lowest BCUT2D eigenvalue weighted by molar-refractivity contribution is -0.137. The Morgan fingerprint density at radius 2 is 0.674 bits per heavy atom. The molecule has 2 aromatic rings. The first-order chi connectivity index (χ1) is 65.4. The molecule has 0 unspecified atom stereocenters. The average Bonchev–Trinajstić information content (AvgIpc) is 0.859. The molecule has 56 heteroatoms. The van der Waals surface area contributed by atoms with Crippen LogP contribution in [0.3, 0.4) is 0 Å². The van der Waals surface area contributed by atoms with E-state index in [4.69, 9.17) is 80.6 Å². The Morgan fingerprint density at radius 3 is 1.05 bits per heavy atom. The van der Waals surface area contributed by atoms with Crippen molar-refractivity contribution in [2.24, 2.45) is 95.6 Å². The van der Waals surface area contributed by atoms with Crippen molar-refractivity contribution < 1.29 is 101 Å². The summed E-state index contributed by atoms with van der Waals surface area (Å²) in [5.74, 6) is -4.08. The number of amides is 19. The number of nitrogens with two attached hydrogens (primary N) is 14. The van der Waals surface area contributed by atoms with E-state index in [9.17, 15) is 101 Å². The SMILES string of the molecule is C[C@H](NC(=O)CNC(=O)[C@@H](NC(=O)[C@H](Cc1ccccc1)NC(=O)CNC(=O)CNC(=O)[C@@H](N)Cc1ccccc1)[C@@H](C)O)C(=O)N[C@@H](CCCN=C(N)N)C(=O)N[C@@H](CCCCN)C(=O)N[C@@H](CO)C(=O)N[C@@H](C)C(=O)N[C@@H](CCCN=C(N)N)C(=O)N[C@@H](CCCCN)C(=O)N[C@@H](CCCN=C(N)N)C(=O)N[C@@H](CCCCN)C(=O)N[C@@H](CC(N)=O)C(=O)N[C@@H](CCC(=O)N(N)N)C(=O)NN. The average molecular weight is 1950 g/mol. The van der Waals surface area contributed by atoms with Crippen LogP contribution in [0.4, 0.5) is 0 Å². The zero-order valence-electron chi connectivity index (χ0n) is 77.7. The van der Waals surface area contributed by atoms with Gasteiger partial charge in [0.05, 0.1) is 44.8 Å². The number of aliphatic hydroxyl groups is 2. The Morgan fingerprint density at radius 1 is 0.348 bits per heavy atom. The minimum Gasteiger partial charge on any atom is -0.394 e. The second-order valence-corrected chi connectivity index (χ2v) is 32.0. The van der Waals surface area contributed by atoms with Crippen molar-refractivity contribution in [3.05, 3.63) is 71.8 Å². The summed E-state index contributed by atoms with van der Waals surface area (Å²) in [6.07, 6.45) is -3.29. The third-order valence-corrected chi connectivity index (χ3v) is 20.5. The van der Waals surface area contributed by atoms with E-state index in [1.807, 2.05) is 5.43 Å². The fourth-order valence-corrected chi connectivity index (χ4v) is 13.0. The fraction of sp³-hybridized carbons (Fsp3) is 0.585. The minimum absolute atomic E-state index is 0.00937. The van der Waals surface area contributed by atoms with Crippen LogP contribution in [0.2, 0.25) is 0 Å². The first-order valence-corrected chi connectivity index (χ1v) is 44.6. The van der Waals surface area contributed by atoms with Crippen molar-refractivity contribution in [2.45, 2.75) is 240 Å². The minimum atomic E-state index is -1.87. The van der Waals surface area contributed by atoms with Crippen LogP contribution in [-0.2, 0) is 104 Å². The van der Waals surface area contributed by atoms with Crippen molar-refractivity contribution in [2.75, 3.05) is 65.5 Å². The normalized spacial score (nSPS) is 14.1. The Bertz CT molecular complexity index is 4390. The molecule has 0 bridgehead atoms. The first kappa shape index (κ1) is 120. The zero-order valence-corrected chi connectivity index (χ0v) is 77.7. The van der Waals surface area contributed by atoms with Crippen molar-refractivity contribution in [1.29, 1.82) is 0 Å². The van der Waals surface area contributed by atoms with Crippen LogP contribution < -0.4 is 171 Å². The third-order valence-electron chi connectivity index (χ3n) is 20.5. The number of guanidine groups is 3. The summed E-state index contributed by atoms with van der Waals surface area (Å²) in [4.78, 5) is 271. The zero-order chi connectivity index (χ0) is 104. The fourth-order valence-electron chi connectivity index (χ4n) is 13.0. The van der Waals surface area contributed by atoms with E-state index in [0.717, 1.165) is 12.5 Å². The summed E-state index contributed by atoms with van der Waals surface area (Å²) < 4.78 is 0. The van der Waals surface area contributed by atoms with Gasteiger partial charge in [0, 0.05) is 32.5 Å². The molecule has 47 N–H and O–H groups in total. The highest BCUT2D eigenvalue weighted by Crippen LogP contribution is 2.14. The third kappa shape index (κ3) is 49.4. The van der Waals surface area contributed by atoms with Crippen molar-refractivity contribution in [1.82, 2.24) is 95.6 Å². The number of aliphatic imine (C=N–C) groups is 3. The van der Waals surface area contributed by atoms with Crippen LogP contribution in [-0.4, -0.2) is 302 Å². The van der Waals surface area contributed by atoms with E-state index in [-0.39, 0.29) is 159 Å². The number of rotatable bonds is 68. The Hall–Kier alpha value is -14.2. The van der Waals surface area contributed by atoms with E-state index in [1.165, 1.54) is 13.8 Å². The molecule has 0 radical (unpaired) electrons. The van der Waals surface area contributed by atoms with Gasteiger partial charge in [-0.3, -0.25) is 111 Å². The molecular weight excluding hydrogens is 1810 g/mol. The van der Waals surface area contributed by atoms with Gasteiger partial charge in [0.2, 0.25) is 100 Å². The summed E-state index contributed by atoms with van der Waals surface area (Å²) >= 11 is 0. The predicted molar refractivity (Wildman–Crippen MR) is 502 cm³/mol. The van der Waals surface area contributed by atoms with E-state index in [0.29, 0.717) is 18.4 Å². The van der Waals surface area contributed by atoms with E-state index < -0.39 is 248 Å². The van der Waals surface area contributed by atoms with Crippen LogP contribution in [0.1, 0.15) is 147 Å². The van der Waals surface area contributed by atoms with Crippen LogP contribution in [0.5, 0.6) is 0 Å². The number of carbonyl (C=O) groups is 19. The molecule has 0 saturated heterocycles. The van der Waals surface area contributed by atoms with Gasteiger partial charge in [-0.1, -0.05) is 60.7 Å². The van der Waals surface area contributed by atoms with Gasteiger partial charge in [-0.05, 0) is 161 Å². The molecule has 0 heterocycles. The highest BCUT2D eigenvalue weighted by atomic mass is 16.3. The Kier molecular flexibility index (Phi) is 57.6. The van der Waals surface area contributed by atoms with E-state index in [2.05, 4.69) is 100 Å². The maximum atomic E-state index is 14.7. The van der Waals surface area contributed by atoms with Gasteiger partial charge in [0.25, 0.3) is 11.8 Å². The summed E-state index contributed by atoms with van der Waals surface area (Å²) in [5.41, 5.74) is 65.4. The highest BCUT2D eigenvalue weighted by molar-refractivity contribution is 6.01. The molecule has 0 aliphatic rings. The molecule has 770 valence electrons. The largest absolute Gasteiger partial charge is 0.394 e. The molecule has 56 nitrogen and oxygen atoms in total. The number of nitrogens with one attached hydrogen (secondary N) is 17. The molecular formula is C82H141N35O21. The number of nitrogens with zero attached hydrogens (tertiary/aromatic N) is 4. The van der Waals surface area contributed by atoms with Gasteiger partial charge in [-0.2, -0.15) is 0 Å². The molecule has 0 fully saturated rings. The molecule has 2 aromatic carbocycles. The van der Waals surface area contributed by atoms with Crippen LogP contribution in [0, 0.1) is 0 Å². The summed E-state index contributed by atoms with van der Waals surface area (Å²) in [6.45, 7) is 0.346. The number of primary amides is 1. The summed E-state index contributed by atoms with van der Waals surface area (Å²) in [5, 5.41) is 60.5. The molecule has 138 heavy (non-hydrogen) atoms. The van der Waals surface area contributed by atoms with Crippen LogP contribution >= 0.6 is 0 Å². The maximum Gasteiger partial charge on any atom is 0.256 e. The number of hydrogen-bond acceptors (Lipinski definition) is 31. The lowest BCUT2D eigenvalue weighted by Gasteiger charge is -2.28. The van der Waals surface area contributed by atoms with Crippen molar-refractivity contribution in [3.63, 3.8) is 0 Å². The number of hydrazine groups is 3. The highest BCUT2D eigenvalue weighted by Gasteiger charge is 2.38. The molecule has 0 aromatic heterocycles. The summed E-state index contributed by atoms with van der Waals surface area (Å²) in [7, 11) is 0. The number of unbranched alkanes of at least 4 members (excludes halogenated alkanes) is 3. The first-order valence-electron chi connectivity index (χ1n) is 44.6. The molecule has 2 rings (SSSR count). The van der Waals surface area contributed by atoms with Gasteiger partial charge in [-0.25, -0.2) is 22.6 Å². The van der Waals surface area contributed by atoms with E-state index >= 15 is 0 Å². The summed E-state index contributed by atoms with van der Waals surface area (Å²) in [6, 6.07) is -4.72. The van der Waals surface area contributed by atoms with Crippen molar-refractivity contribution >= 4 is 130 Å². The maximum absolute atomic E-state index is 14.7. The van der Waals surface area contributed by atoms with Crippen molar-refractivity contribution in [3.8, 4) is 0 Å². The molecule has 0 aliphatic carbocycles. The second kappa shape index (κ2) is 66.3.